The molecule has 0 aromatic carbocycles. The minimum absolute atomic E-state index is 0.319. The number of carbonyl (C=O) groups excluding carboxylic acids is 1. The van der Waals surface area contributed by atoms with Gasteiger partial charge >= 0.3 is 0 Å². The van der Waals surface area contributed by atoms with E-state index < -0.39 is 0 Å². The lowest BCUT2D eigenvalue weighted by molar-refractivity contribution is -0.118. The number of ketones is 1. The molecule has 0 aromatic heterocycles. The van der Waals surface area contributed by atoms with E-state index >= 15 is 0 Å². The summed E-state index contributed by atoms with van der Waals surface area (Å²) < 4.78 is 0. The van der Waals surface area contributed by atoms with Crippen LogP contribution in [0.2, 0.25) is 0 Å². The molecule has 1 rings (SSSR count). The van der Waals surface area contributed by atoms with E-state index in [1.807, 2.05) is 0 Å². The Morgan fingerprint density at radius 1 is 1.53 bits per heavy atom. The van der Waals surface area contributed by atoms with E-state index in [9.17, 15) is 4.79 Å². The van der Waals surface area contributed by atoms with E-state index in [0.717, 1.165) is 32.1 Å². The monoisotopic (exact) mass is 206 g/mol. The molecule has 0 unspecified atom stereocenters. The summed E-state index contributed by atoms with van der Waals surface area (Å²) in [5, 5.41) is 0. The molecule has 0 amide bonds. The highest BCUT2D eigenvalue weighted by Crippen LogP contribution is 2.40. The van der Waals surface area contributed by atoms with Crippen molar-refractivity contribution in [1.29, 1.82) is 0 Å². The standard InChI is InChI=1S/C14H22O/c1-4-5-6-7-14-11(2)8-9-13(14)10-12(3)15/h5-6,13-14H,2,4,7-10H2,1,3H3/b6-5-/t13-,14+/m1/s1. The molecule has 0 spiro atoms. The molecule has 0 saturated heterocycles. The molecule has 0 aliphatic heterocycles. The van der Waals surface area contributed by atoms with Gasteiger partial charge in [0, 0.05) is 6.42 Å². The minimum Gasteiger partial charge on any atom is -0.300 e. The topological polar surface area (TPSA) is 17.1 Å². The molecule has 0 radical (unpaired) electrons. The molecule has 1 saturated carbocycles. The molecule has 2 atom stereocenters. The fourth-order valence-corrected chi connectivity index (χ4v) is 2.47. The lowest BCUT2D eigenvalue weighted by atomic mass is 9.87. The molecule has 1 aliphatic carbocycles. The van der Waals surface area contributed by atoms with Gasteiger partial charge < -0.3 is 4.79 Å². The maximum atomic E-state index is 11.1. The maximum Gasteiger partial charge on any atom is 0.130 e. The second-order valence-electron chi connectivity index (χ2n) is 4.58. The zero-order valence-corrected chi connectivity index (χ0v) is 9.96. The highest BCUT2D eigenvalue weighted by Gasteiger charge is 2.29. The molecule has 15 heavy (non-hydrogen) atoms. The second kappa shape index (κ2) is 5.89. The average molecular weight is 206 g/mol. The number of carbonyl (C=O) groups is 1. The van der Waals surface area contributed by atoms with Crippen molar-refractivity contribution in [2.45, 2.75) is 46.0 Å². The molecule has 0 bridgehead atoms. The van der Waals surface area contributed by atoms with Gasteiger partial charge in [0.05, 0.1) is 0 Å². The van der Waals surface area contributed by atoms with Crippen LogP contribution in [0.15, 0.2) is 24.3 Å². The molecule has 1 heteroatoms. The van der Waals surface area contributed by atoms with E-state index in [2.05, 4.69) is 25.7 Å². The Morgan fingerprint density at radius 2 is 2.27 bits per heavy atom. The molecule has 0 N–H and O–H groups in total. The molecule has 0 heterocycles. The third kappa shape index (κ3) is 3.65. The predicted molar refractivity (Wildman–Crippen MR) is 64.7 cm³/mol. The van der Waals surface area contributed by atoms with Gasteiger partial charge in [-0.05, 0) is 44.4 Å². The highest BCUT2D eigenvalue weighted by molar-refractivity contribution is 5.75. The van der Waals surface area contributed by atoms with Crippen LogP contribution >= 0.6 is 0 Å². The van der Waals surface area contributed by atoms with Crippen LogP contribution in [-0.2, 0) is 4.79 Å². The zero-order valence-electron chi connectivity index (χ0n) is 9.96. The quantitative estimate of drug-likeness (QED) is 0.623. The van der Waals surface area contributed by atoms with Crippen LogP contribution in [0.1, 0.15) is 46.0 Å². The van der Waals surface area contributed by atoms with Crippen LogP contribution in [0.25, 0.3) is 0 Å². The Hall–Kier alpha value is -0.850. The Morgan fingerprint density at radius 3 is 2.87 bits per heavy atom. The number of hydrogen-bond acceptors (Lipinski definition) is 1. The van der Waals surface area contributed by atoms with Gasteiger partial charge in [-0.15, -0.1) is 0 Å². The third-order valence-corrected chi connectivity index (χ3v) is 3.27. The van der Waals surface area contributed by atoms with Crippen molar-refractivity contribution in [3.05, 3.63) is 24.3 Å². The SMILES string of the molecule is C=C1CC[C@H](CC(C)=O)[C@H]1C/C=C\CC. The maximum absolute atomic E-state index is 11.1. The van der Waals surface area contributed by atoms with Crippen molar-refractivity contribution in [1.82, 2.24) is 0 Å². The summed E-state index contributed by atoms with van der Waals surface area (Å²) in [4.78, 5) is 11.1. The van der Waals surface area contributed by atoms with Crippen LogP contribution in [-0.4, -0.2) is 5.78 Å². The third-order valence-electron chi connectivity index (χ3n) is 3.27. The minimum atomic E-state index is 0.319. The summed E-state index contributed by atoms with van der Waals surface area (Å²) in [6.07, 6.45) is 9.63. The second-order valence-corrected chi connectivity index (χ2v) is 4.58. The van der Waals surface area contributed by atoms with Crippen molar-refractivity contribution < 1.29 is 4.79 Å². The summed E-state index contributed by atoms with van der Waals surface area (Å²) in [7, 11) is 0. The van der Waals surface area contributed by atoms with Gasteiger partial charge in [0.15, 0.2) is 0 Å². The number of rotatable bonds is 5. The van der Waals surface area contributed by atoms with Gasteiger partial charge in [0.1, 0.15) is 5.78 Å². The van der Waals surface area contributed by atoms with Gasteiger partial charge in [0.25, 0.3) is 0 Å². The first-order valence-corrected chi connectivity index (χ1v) is 5.97. The largest absolute Gasteiger partial charge is 0.300 e. The van der Waals surface area contributed by atoms with Gasteiger partial charge in [-0.2, -0.15) is 0 Å². The average Bonchev–Trinajstić information content (AvgIpc) is 2.49. The summed E-state index contributed by atoms with van der Waals surface area (Å²) in [5.74, 6) is 1.42. The van der Waals surface area contributed by atoms with Crippen LogP contribution in [0.4, 0.5) is 0 Å². The molecule has 1 fully saturated rings. The summed E-state index contributed by atoms with van der Waals surface area (Å²) in [6, 6.07) is 0. The van der Waals surface area contributed by atoms with Gasteiger partial charge in [-0.3, -0.25) is 0 Å². The van der Waals surface area contributed by atoms with Gasteiger partial charge in [-0.25, -0.2) is 0 Å². The lowest BCUT2D eigenvalue weighted by Crippen LogP contribution is -2.11. The molecular formula is C14H22O. The normalized spacial score (nSPS) is 26.4. The van der Waals surface area contributed by atoms with Gasteiger partial charge in [-0.1, -0.05) is 31.2 Å². The zero-order chi connectivity index (χ0) is 11.3. The smallest absolute Gasteiger partial charge is 0.130 e. The van der Waals surface area contributed by atoms with Crippen molar-refractivity contribution >= 4 is 5.78 Å². The first kappa shape index (κ1) is 12.2. The van der Waals surface area contributed by atoms with Crippen molar-refractivity contribution in [3.63, 3.8) is 0 Å². The van der Waals surface area contributed by atoms with Crippen LogP contribution in [0.5, 0.6) is 0 Å². The first-order valence-electron chi connectivity index (χ1n) is 5.97. The van der Waals surface area contributed by atoms with E-state index in [1.54, 1.807) is 6.92 Å². The number of hydrogen-bond donors (Lipinski definition) is 0. The fourth-order valence-electron chi connectivity index (χ4n) is 2.47. The first-order chi connectivity index (χ1) is 7.15. The van der Waals surface area contributed by atoms with Crippen molar-refractivity contribution in [3.8, 4) is 0 Å². The highest BCUT2D eigenvalue weighted by atomic mass is 16.1. The van der Waals surface area contributed by atoms with Crippen LogP contribution in [0, 0.1) is 11.8 Å². The molecular weight excluding hydrogens is 184 g/mol. The summed E-state index contributed by atoms with van der Waals surface area (Å²) in [5.41, 5.74) is 1.35. The summed E-state index contributed by atoms with van der Waals surface area (Å²) >= 11 is 0. The molecule has 0 aromatic rings. The summed E-state index contributed by atoms with van der Waals surface area (Å²) in [6.45, 7) is 7.97. The van der Waals surface area contributed by atoms with E-state index in [-0.39, 0.29) is 0 Å². The van der Waals surface area contributed by atoms with Crippen LogP contribution in [0.3, 0.4) is 0 Å². The lowest BCUT2D eigenvalue weighted by Gasteiger charge is -2.17. The van der Waals surface area contributed by atoms with Gasteiger partial charge in [0.2, 0.25) is 0 Å². The number of allylic oxidation sites excluding steroid dienone is 3. The number of Topliss-reactive ketones (excluding diaryl/α,β-unsaturated/α-hetero) is 1. The van der Waals surface area contributed by atoms with E-state index in [1.165, 1.54) is 5.57 Å². The van der Waals surface area contributed by atoms with Crippen molar-refractivity contribution in [2.75, 3.05) is 0 Å². The molecule has 1 aliphatic rings. The molecule has 84 valence electrons. The Labute approximate surface area is 93.3 Å². The molecule has 1 nitrogen and oxygen atoms in total. The van der Waals surface area contributed by atoms with E-state index in [4.69, 9.17) is 0 Å². The predicted octanol–water partition coefficient (Wildman–Crippen LogP) is 3.90. The van der Waals surface area contributed by atoms with Crippen LogP contribution < -0.4 is 0 Å². The Bertz CT molecular complexity index is 263. The van der Waals surface area contributed by atoms with E-state index in [0.29, 0.717) is 17.6 Å². The Kier molecular flexibility index (Phi) is 4.80. The Balaban J connectivity index is 2.52. The van der Waals surface area contributed by atoms with Crippen molar-refractivity contribution in [2.24, 2.45) is 11.8 Å². The fraction of sp³-hybridized carbons (Fsp3) is 0.643.